The highest BCUT2D eigenvalue weighted by molar-refractivity contribution is 6.62. The molecule has 1 heterocycles. The number of unbranched alkanes of at least 4 members (excludes halogenated alkanes) is 1. The Labute approximate surface area is 149 Å². The van der Waals surface area contributed by atoms with E-state index in [0.29, 0.717) is 5.46 Å². The molecular formula is C18H28BF3O3. The number of halogens is 3. The normalized spacial score (nSPS) is 18.6. The van der Waals surface area contributed by atoms with E-state index in [4.69, 9.17) is 14.0 Å². The highest BCUT2D eigenvalue weighted by Gasteiger charge is 2.52. The van der Waals surface area contributed by atoms with Gasteiger partial charge < -0.3 is 14.0 Å². The van der Waals surface area contributed by atoms with Crippen LogP contribution in [-0.2, 0) is 15.5 Å². The van der Waals surface area contributed by atoms with Crippen molar-refractivity contribution in [2.45, 2.75) is 71.8 Å². The van der Waals surface area contributed by atoms with E-state index in [9.17, 15) is 13.2 Å². The van der Waals surface area contributed by atoms with Crippen molar-refractivity contribution in [2.24, 2.45) is 0 Å². The summed E-state index contributed by atoms with van der Waals surface area (Å²) in [6.45, 7) is 11.9. The molecule has 25 heavy (non-hydrogen) atoms. The van der Waals surface area contributed by atoms with Crippen molar-refractivity contribution in [2.75, 3.05) is 7.11 Å². The largest absolute Gasteiger partial charge is 0.496 e. The Morgan fingerprint density at radius 3 is 1.84 bits per heavy atom. The van der Waals surface area contributed by atoms with Crippen LogP contribution in [-0.4, -0.2) is 25.4 Å². The molecule has 0 radical (unpaired) electrons. The standard InChI is InChI=1S/C14H18BF3O3.C4H10/c1-12(2)13(3,4)21-15(20-12)9-6-7-10(14(16,17)18)11(8-9)19-5;1-3-4-2/h6-8H,1-5H3;3-4H2,1-2H3. The SMILES string of the molecule is CCCC.COc1cc(B2OC(C)(C)C(C)(C)O2)ccc1C(F)(F)F. The van der Waals surface area contributed by atoms with Gasteiger partial charge in [-0.1, -0.05) is 32.8 Å². The second kappa shape index (κ2) is 8.00. The molecule has 0 atom stereocenters. The number of benzene rings is 1. The quantitative estimate of drug-likeness (QED) is 0.724. The van der Waals surface area contributed by atoms with E-state index in [1.54, 1.807) is 0 Å². The Bertz CT molecular complexity index is 553. The summed E-state index contributed by atoms with van der Waals surface area (Å²) in [6, 6.07) is 3.65. The van der Waals surface area contributed by atoms with Crippen LogP contribution in [0.25, 0.3) is 0 Å². The van der Waals surface area contributed by atoms with Gasteiger partial charge in [0.25, 0.3) is 0 Å². The number of ether oxygens (including phenoxy) is 1. The fourth-order valence-electron chi connectivity index (χ4n) is 2.07. The maximum absolute atomic E-state index is 12.8. The minimum absolute atomic E-state index is 0.241. The van der Waals surface area contributed by atoms with Gasteiger partial charge in [0.05, 0.1) is 23.9 Å². The zero-order valence-corrected chi connectivity index (χ0v) is 16.1. The Hall–Kier alpha value is -1.21. The van der Waals surface area contributed by atoms with Gasteiger partial charge in [0, 0.05) is 0 Å². The van der Waals surface area contributed by atoms with Crippen LogP contribution in [0, 0.1) is 0 Å². The Balaban J connectivity index is 0.000000705. The minimum atomic E-state index is -4.46. The molecule has 0 amide bonds. The molecule has 3 nitrogen and oxygen atoms in total. The monoisotopic (exact) mass is 360 g/mol. The molecule has 0 N–H and O–H groups in total. The summed E-state index contributed by atoms with van der Waals surface area (Å²) < 4.78 is 55.0. The first-order valence-corrected chi connectivity index (χ1v) is 8.50. The van der Waals surface area contributed by atoms with E-state index in [0.717, 1.165) is 6.07 Å². The van der Waals surface area contributed by atoms with Gasteiger partial charge in [-0.25, -0.2) is 0 Å². The van der Waals surface area contributed by atoms with Crippen LogP contribution in [0.3, 0.4) is 0 Å². The zero-order valence-electron chi connectivity index (χ0n) is 16.1. The smallest absolute Gasteiger partial charge is 0.494 e. The van der Waals surface area contributed by atoms with E-state index >= 15 is 0 Å². The zero-order chi connectivity index (χ0) is 19.5. The van der Waals surface area contributed by atoms with Crippen molar-refractivity contribution in [1.82, 2.24) is 0 Å². The lowest BCUT2D eigenvalue weighted by molar-refractivity contribution is -0.138. The van der Waals surface area contributed by atoms with Crippen LogP contribution in [0.15, 0.2) is 18.2 Å². The molecule has 0 bridgehead atoms. The Morgan fingerprint density at radius 2 is 1.48 bits per heavy atom. The van der Waals surface area contributed by atoms with Gasteiger partial charge in [0.15, 0.2) is 0 Å². The molecule has 7 heteroatoms. The summed E-state index contributed by atoms with van der Waals surface area (Å²) >= 11 is 0. The van der Waals surface area contributed by atoms with Crippen molar-refractivity contribution in [1.29, 1.82) is 0 Å². The lowest BCUT2D eigenvalue weighted by Crippen LogP contribution is -2.41. The van der Waals surface area contributed by atoms with Crippen molar-refractivity contribution in [3.8, 4) is 5.75 Å². The van der Waals surface area contributed by atoms with Gasteiger partial charge in [-0.15, -0.1) is 0 Å². The number of hydrogen-bond acceptors (Lipinski definition) is 3. The topological polar surface area (TPSA) is 27.7 Å². The average Bonchev–Trinajstić information content (AvgIpc) is 2.74. The van der Waals surface area contributed by atoms with Gasteiger partial charge in [-0.2, -0.15) is 13.2 Å². The molecule has 0 aliphatic carbocycles. The van der Waals surface area contributed by atoms with E-state index in [1.165, 1.54) is 32.1 Å². The van der Waals surface area contributed by atoms with Crippen molar-refractivity contribution in [3.63, 3.8) is 0 Å². The lowest BCUT2D eigenvalue weighted by Gasteiger charge is -2.32. The second-order valence-corrected chi connectivity index (χ2v) is 7.05. The van der Waals surface area contributed by atoms with Gasteiger partial charge in [-0.05, 0) is 45.3 Å². The summed E-state index contributed by atoms with van der Waals surface area (Å²) in [4.78, 5) is 0. The Morgan fingerprint density at radius 1 is 1.00 bits per heavy atom. The van der Waals surface area contributed by atoms with Crippen molar-refractivity contribution < 1.29 is 27.2 Å². The molecule has 142 valence electrons. The maximum Gasteiger partial charge on any atom is 0.494 e. The fourth-order valence-corrected chi connectivity index (χ4v) is 2.07. The number of hydrogen-bond donors (Lipinski definition) is 0. The van der Waals surface area contributed by atoms with Crippen LogP contribution >= 0.6 is 0 Å². The molecule has 1 aromatic carbocycles. The highest BCUT2D eigenvalue weighted by atomic mass is 19.4. The van der Waals surface area contributed by atoms with Crippen LogP contribution in [0.5, 0.6) is 5.75 Å². The Kier molecular flexibility index (Phi) is 6.99. The number of methoxy groups -OCH3 is 1. The molecule has 0 unspecified atom stereocenters. The minimum Gasteiger partial charge on any atom is -0.496 e. The predicted octanol–water partition coefficient (Wildman–Crippen LogP) is 4.82. The molecule has 0 aromatic heterocycles. The molecule has 1 fully saturated rings. The molecule has 1 aliphatic rings. The predicted molar refractivity (Wildman–Crippen MR) is 94.3 cm³/mol. The summed E-state index contributed by atoms with van der Waals surface area (Å²) in [5.74, 6) is -0.241. The van der Waals surface area contributed by atoms with E-state index in [2.05, 4.69) is 13.8 Å². The van der Waals surface area contributed by atoms with E-state index in [-0.39, 0.29) is 5.75 Å². The third kappa shape index (κ3) is 5.14. The van der Waals surface area contributed by atoms with Crippen LogP contribution in [0.2, 0.25) is 0 Å². The van der Waals surface area contributed by atoms with Gasteiger partial charge in [-0.3, -0.25) is 0 Å². The van der Waals surface area contributed by atoms with E-state index in [1.807, 2.05) is 27.7 Å². The number of alkyl halides is 3. The van der Waals surface area contributed by atoms with Gasteiger partial charge in [0.1, 0.15) is 5.75 Å². The van der Waals surface area contributed by atoms with Gasteiger partial charge >= 0.3 is 13.3 Å². The molecule has 2 rings (SSSR count). The first-order chi connectivity index (χ1) is 11.4. The molecule has 0 saturated carbocycles. The third-order valence-corrected chi connectivity index (χ3v) is 4.56. The molecular weight excluding hydrogens is 332 g/mol. The summed E-state index contributed by atoms with van der Waals surface area (Å²) in [7, 11) is 0.490. The first-order valence-electron chi connectivity index (χ1n) is 8.50. The second-order valence-electron chi connectivity index (χ2n) is 7.05. The summed E-state index contributed by atoms with van der Waals surface area (Å²) in [5.41, 5.74) is -1.41. The highest BCUT2D eigenvalue weighted by Crippen LogP contribution is 2.38. The molecule has 1 aromatic rings. The summed E-state index contributed by atoms with van der Waals surface area (Å²) in [6.07, 6.45) is -1.82. The van der Waals surface area contributed by atoms with Crippen molar-refractivity contribution >= 4 is 12.6 Å². The number of rotatable bonds is 3. The first kappa shape index (κ1) is 21.8. The fraction of sp³-hybridized carbons (Fsp3) is 0.667. The molecule has 1 aliphatic heterocycles. The third-order valence-electron chi connectivity index (χ3n) is 4.56. The van der Waals surface area contributed by atoms with Crippen LogP contribution in [0.1, 0.15) is 59.9 Å². The summed E-state index contributed by atoms with van der Waals surface area (Å²) in [5, 5.41) is 0. The van der Waals surface area contributed by atoms with Crippen molar-refractivity contribution in [3.05, 3.63) is 23.8 Å². The lowest BCUT2D eigenvalue weighted by atomic mass is 9.78. The average molecular weight is 360 g/mol. The van der Waals surface area contributed by atoms with Gasteiger partial charge in [0.2, 0.25) is 0 Å². The molecule has 1 saturated heterocycles. The van der Waals surface area contributed by atoms with Crippen LogP contribution in [0.4, 0.5) is 13.2 Å². The molecule has 0 spiro atoms. The maximum atomic E-state index is 12.8. The van der Waals surface area contributed by atoms with E-state index < -0.39 is 30.1 Å². The van der Waals surface area contributed by atoms with Crippen LogP contribution < -0.4 is 10.2 Å².